The number of nitrogens with zero attached hydrogens (tertiary/aromatic N) is 3. The quantitative estimate of drug-likeness (QED) is 0.225. The largest absolute Gasteiger partial charge is 0.464 e. The Balaban J connectivity index is 0.000000191. The normalized spacial score (nSPS) is 15.8. The van der Waals surface area contributed by atoms with E-state index in [1.165, 1.54) is 47.9 Å². The summed E-state index contributed by atoms with van der Waals surface area (Å²) in [7, 11) is 0. The minimum absolute atomic E-state index is 0.155. The number of cyclic esters (lactones) is 1. The summed E-state index contributed by atoms with van der Waals surface area (Å²) in [6, 6.07) is 17.8. The monoisotopic (exact) mass is 595 g/mol. The van der Waals surface area contributed by atoms with Gasteiger partial charge < -0.3 is 9.84 Å². The predicted molar refractivity (Wildman–Crippen MR) is 155 cm³/mol. The standard InChI is InChI=1S/C17H12ClFN2O.C14H16ClNO3/c18-16-4-2-1-3-15(16)17(22,13-9-20-11-21-10-13)12-5-7-14(19)8-6-12;1-9-4-3-5-10(2)13(9)16(12(17)8-15)11-6-7-19-14(11)18/h1-11,22H;3-5,11H,6-8H2,1-2H3. The molecular weight excluding hydrogens is 568 g/mol. The van der Waals surface area contributed by atoms with Gasteiger partial charge in [0, 0.05) is 35.0 Å². The van der Waals surface area contributed by atoms with E-state index < -0.39 is 11.6 Å². The maximum atomic E-state index is 13.2. The highest BCUT2D eigenvalue weighted by Gasteiger charge is 2.37. The molecule has 1 saturated heterocycles. The van der Waals surface area contributed by atoms with Crippen molar-refractivity contribution >= 4 is 40.8 Å². The first-order chi connectivity index (χ1) is 19.7. The third-order valence-corrected chi connectivity index (χ3v) is 7.34. The highest BCUT2D eigenvalue weighted by atomic mass is 35.5. The minimum Gasteiger partial charge on any atom is -0.464 e. The third-order valence-electron chi connectivity index (χ3n) is 6.79. The lowest BCUT2D eigenvalue weighted by Gasteiger charge is -2.30. The molecule has 1 fully saturated rings. The number of aliphatic hydroxyl groups is 1. The molecule has 5 rings (SSSR count). The number of hydrogen-bond donors (Lipinski definition) is 1. The van der Waals surface area contributed by atoms with Crippen LogP contribution in [0.5, 0.6) is 0 Å². The molecule has 0 spiro atoms. The number of carbonyl (C=O) groups excluding carboxylic acids is 2. The van der Waals surface area contributed by atoms with Crippen molar-refractivity contribution in [3.8, 4) is 0 Å². The molecule has 1 amide bonds. The molecule has 2 unspecified atom stereocenters. The van der Waals surface area contributed by atoms with Crippen molar-refractivity contribution in [2.75, 3.05) is 17.4 Å². The second kappa shape index (κ2) is 13.2. The summed E-state index contributed by atoms with van der Waals surface area (Å²) in [5, 5.41) is 11.8. The van der Waals surface area contributed by atoms with E-state index >= 15 is 0 Å². The molecule has 10 heteroatoms. The molecule has 212 valence electrons. The fourth-order valence-electron chi connectivity index (χ4n) is 4.83. The molecule has 4 aromatic rings. The average molecular weight is 596 g/mol. The topological polar surface area (TPSA) is 92.6 Å². The number of anilines is 1. The maximum absolute atomic E-state index is 13.2. The molecule has 0 aliphatic carbocycles. The Morgan fingerprint density at radius 1 is 1.02 bits per heavy atom. The van der Waals surface area contributed by atoms with E-state index in [-0.39, 0.29) is 23.6 Å². The lowest BCUT2D eigenvalue weighted by molar-refractivity contribution is -0.140. The van der Waals surface area contributed by atoms with Gasteiger partial charge in [0.2, 0.25) is 5.91 Å². The first-order valence-corrected chi connectivity index (χ1v) is 13.7. The van der Waals surface area contributed by atoms with Gasteiger partial charge in [-0.25, -0.2) is 19.2 Å². The van der Waals surface area contributed by atoms with Gasteiger partial charge in [-0.15, -0.1) is 11.6 Å². The molecule has 2 atom stereocenters. The Bertz CT molecular complexity index is 1500. The number of alkyl halides is 1. The molecule has 1 N–H and O–H groups in total. The van der Waals surface area contributed by atoms with Crippen LogP contribution in [0.1, 0.15) is 34.2 Å². The third kappa shape index (κ3) is 6.40. The number of hydrogen-bond acceptors (Lipinski definition) is 6. The van der Waals surface area contributed by atoms with Gasteiger partial charge in [-0.3, -0.25) is 9.69 Å². The van der Waals surface area contributed by atoms with Crippen molar-refractivity contribution in [3.05, 3.63) is 124 Å². The minimum atomic E-state index is -1.56. The molecule has 3 aromatic carbocycles. The van der Waals surface area contributed by atoms with E-state index in [0.717, 1.165) is 16.8 Å². The van der Waals surface area contributed by atoms with Gasteiger partial charge in [-0.2, -0.15) is 0 Å². The van der Waals surface area contributed by atoms with E-state index in [9.17, 15) is 19.1 Å². The summed E-state index contributed by atoms with van der Waals surface area (Å²) in [4.78, 5) is 33.3. The zero-order chi connectivity index (χ0) is 29.6. The van der Waals surface area contributed by atoms with Crippen molar-refractivity contribution < 1.29 is 23.8 Å². The lowest BCUT2D eigenvalue weighted by atomic mass is 9.81. The Kier molecular flexibility index (Phi) is 9.70. The van der Waals surface area contributed by atoms with Gasteiger partial charge in [0.25, 0.3) is 0 Å². The summed E-state index contributed by atoms with van der Waals surface area (Å²) >= 11 is 11.9. The van der Waals surface area contributed by atoms with Crippen LogP contribution < -0.4 is 4.90 Å². The van der Waals surface area contributed by atoms with Gasteiger partial charge in [0.05, 0.1) is 12.3 Å². The number of carbonyl (C=O) groups is 2. The summed E-state index contributed by atoms with van der Waals surface area (Å²) in [6.07, 6.45) is 4.91. The molecular formula is C31H28Cl2FN3O4. The highest BCUT2D eigenvalue weighted by Crippen LogP contribution is 2.39. The van der Waals surface area contributed by atoms with Crippen molar-refractivity contribution in [1.29, 1.82) is 0 Å². The molecule has 0 radical (unpaired) electrons. The summed E-state index contributed by atoms with van der Waals surface area (Å²) < 4.78 is 18.2. The predicted octanol–water partition coefficient (Wildman–Crippen LogP) is 5.74. The van der Waals surface area contributed by atoms with E-state index in [4.69, 9.17) is 27.9 Å². The van der Waals surface area contributed by atoms with Crippen LogP contribution in [0, 0.1) is 19.7 Å². The summed E-state index contributed by atoms with van der Waals surface area (Å²) in [6.45, 7) is 4.18. The molecule has 41 heavy (non-hydrogen) atoms. The molecule has 1 aliphatic heterocycles. The van der Waals surface area contributed by atoms with Crippen LogP contribution in [0.2, 0.25) is 5.02 Å². The van der Waals surface area contributed by atoms with Crippen molar-refractivity contribution in [2.45, 2.75) is 31.9 Å². The Morgan fingerprint density at radius 2 is 1.66 bits per heavy atom. The number of ether oxygens (including phenoxy) is 1. The van der Waals surface area contributed by atoms with E-state index in [0.29, 0.717) is 34.7 Å². The number of benzene rings is 3. The number of rotatable bonds is 6. The highest BCUT2D eigenvalue weighted by molar-refractivity contribution is 6.31. The van der Waals surface area contributed by atoms with Crippen LogP contribution >= 0.6 is 23.2 Å². The SMILES string of the molecule is Cc1cccc(C)c1N(C(=O)CCl)C1CCOC1=O.OC(c1ccc(F)cc1)(c1cncnc1)c1ccccc1Cl. The van der Waals surface area contributed by atoms with Gasteiger partial charge in [-0.1, -0.05) is 60.1 Å². The van der Waals surface area contributed by atoms with Gasteiger partial charge in [-0.05, 0) is 48.7 Å². The molecule has 7 nitrogen and oxygen atoms in total. The van der Waals surface area contributed by atoms with Crippen LogP contribution in [0.4, 0.5) is 10.1 Å². The zero-order valence-electron chi connectivity index (χ0n) is 22.4. The van der Waals surface area contributed by atoms with E-state index in [1.807, 2.05) is 32.0 Å². The number of aryl methyl sites for hydroxylation is 2. The van der Waals surface area contributed by atoms with Crippen LogP contribution in [0.25, 0.3) is 0 Å². The molecule has 0 bridgehead atoms. The molecule has 2 heterocycles. The fourth-order valence-corrected chi connectivity index (χ4v) is 5.23. The molecule has 1 aromatic heterocycles. The first-order valence-electron chi connectivity index (χ1n) is 12.8. The van der Waals surface area contributed by atoms with Crippen molar-refractivity contribution in [1.82, 2.24) is 9.97 Å². The Labute approximate surface area is 247 Å². The Hall–Kier alpha value is -3.85. The number of amides is 1. The molecule has 0 saturated carbocycles. The van der Waals surface area contributed by atoms with Crippen LogP contribution in [0.3, 0.4) is 0 Å². The first kappa shape index (κ1) is 30.1. The van der Waals surface area contributed by atoms with Gasteiger partial charge >= 0.3 is 5.97 Å². The number of aromatic nitrogens is 2. The van der Waals surface area contributed by atoms with Crippen LogP contribution in [0.15, 0.2) is 85.5 Å². The number of halogens is 3. The zero-order valence-corrected chi connectivity index (χ0v) is 23.9. The number of para-hydroxylation sites is 1. The van der Waals surface area contributed by atoms with Crippen LogP contribution in [-0.2, 0) is 19.9 Å². The molecule has 1 aliphatic rings. The number of esters is 1. The van der Waals surface area contributed by atoms with Crippen molar-refractivity contribution in [2.24, 2.45) is 0 Å². The second-order valence-electron chi connectivity index (χ2n) is 9.43. The van der Waals surface area contributed by atoms with E-state index in [2.05, 4.69) is 9.97 Å². The van der Waals surface area contributed by atoms with Gasteiger partial charge in [0.1, 0.15) is 29.7 Å². The smallest absolute Gasteiger partial charge is 0.329 e. The second-order valence-corrected chi connectivity index (χ2v) is 10.1. The summed E-state index contributed by atoms with van der Waals surface area (Å²) in [5.74, 6) is -1.17. The maximum Gasteiger partial charge on any atom is 0.329 e. The van der Waals surface area contributed by atoms with Crippen molar-refractivity contribution in [3.63, 3.8) is 0 Å². The average Bonchev–Trinajstić information content (AvgIpc) is 3.40. The van der Waals surface area contributed by atoms with Crippen LogP contribution in [-0.4, -0.2) is 45.5 Å². The fraction of sp³-hybridized carbons (Fsp3) is 0.226. The van der Waals surface area contributed by atoms with Gasteiger partial charge in [0.15, 0.2) is 0 Å². The summed E-state index contributed by atoms with van der Waals surface area (Å²) in [5.41, 5.74) is 2.51. The lowest BCUT2D eigenvalue weighted by Crippen LogP contribution is -2.44. The Morgan fingerprint density at radius 3 is 2.22 bits per heavy atom. The van der Waals surface area contributed by atoms with E-state index in [1.54, 1.807) is 24.3 Å².